The number of hydrogen-bond acceptors (Lipinski definition) is 3. The van der Waals surface area contributed by atoms with Crippen LogP contribution in [0.5, 0.6) is 0 Å². The van der Waals surface area contributed by atoms with Crippen LogP contribution in [0.4, 0.5) is 0 Å². The smallest absolute Gasteiger partial charge is 0.140 e. The first-order valence-corrected chi connectivity index (χ1v) is 7.83. The van der Waals surface area contributed by atoms with E-state index in [9.17, 15) is 0 Å². The summed E-state index contributed by atoms with van der Waals surface area (Å²) >= 11 is 0. The van der Waals surface area contributed by atoms with Gasteiger partial charge in [-0.05, 0) is 24.8 Å². The Morgan fingerprint density at radius 2 is 2.11 bits per heavy atom. The van der Waals surface area contributed by atoms with Gasteiger partial charge in [-0.15, -0.1) is 0 Å². The summed E-state index contributed by atoms with van der Waals surface area (Å²) in [6, 6.07) is 0. The summed E-state index contributed by atoms with van der Waals surface area (Å²) in [6.45, 7) is 7.34. The minimum absolute atomic E-state index is 0.614. The second-order valence-corrected chi connectivity index (χ2v) is 6.22. The largest absolute Gasteiger partial charge is 0.310 e. The summed E-state index contributed by atoms with van der Waals surface area (Å²) in [5, 5.41) is 7.82. The number of rotatable bonds is 7. The third-order valence-corrected chi connectivity index (χ3v) is 3.97. The fourth-order valence-electron chi connectivity index (χ4n) is 2.91. The van der Waals surface area contributed by atoms with Crippen LogP contribution in [0.1, 0.15) is 58.2 Å². The lowest BCUT2D eigenvalue weighted by Gasteiger charge is -2.21. The molecule has 0 unspecified atom stereocenters. The molecule has 0 saturated heterocycles. The lowest BCUT2D eigenvalue weighted by Crippen LogP contribution is -2.22. The van der Waals surface area contributed by atoms with Crippen molar-refractivity contribution in [1.29, 1.82) is 0 Å². The molecule has 1 N–H and O–H groups in total. The molecule has 1 heterocycles. The van der Waals surface area contributed by atoms with Gasteiger partial charge in [0.05, 0.1) is 6.54 Å². The Kier molecular flexibility index (Phi) is 5.83. The molecular formula is C15H28N4. The highest BCUT2D eigenvalue weighted by Gasteiger charge is 2.12. The molecule has 1 aliphatic carbocycles. The van der Waals surface area contributed by atoms with E-state index in [1.807, 2.05) is 4.68 Å². The molecule has 0 aliphatic heterocycles. The Balaban J connectivity index is 1.66. The maximum Gasteiger partial charge on any atom is 0.140 e. The Morgan fingerprint density at radius 3 is 2.84 bits per heavy atom. The predicted octanol–water partition coefficient (Wildman–Crippen LogP) is 2.99. The van der Waals surface area contributed by atoms with E-state index in [1.165, 1.54) is 38.5 Å². The SMILES string of the molecule is CC(C)Cn1ncnc1CNCCC1CCCCC1. The highest BCUT2D eigenvalue weighted by Crippen LogP contribution is 2.25. The highest BCUT2D eigenvalue weighted by molar-refractivity contribution is 4.84. The van der Waals surface area contributed by atoms with Gasteiger partial charge in [-0.3, -0.25) is 0 Å². The summed E-state index contributed by atoms with van der Waals surface area (Å²) in [6.07, 6.45) is 10.2. The molecule has 0 spiro atoms. The van der Waals surface area contributed by atoms with E-state index in [2.05, 4.69) is 29.2 Å². The number of hydrogen-bond donors (Lipinski definition) is 1. The van der Waals surface area contributed by atoms with Gasteiger partial charge in [0.1, 0.15) is 12.2 Å². The zero-order chi connectivity index (χ0) is 13.5. The minimum atomic E-state index is 0.614. The maximum absolute atomic E-state index is 4.34. The van der Waals surface area contributed by atoms with E-state index in [-0.39, 0.29) is 0 Å². The van der Waals surface area contributed by atoms with E-state index in [1.54, 1.807) is 6.33 Å². The van der Waals surface area contributed by atoms with Gasteiger partial charge in [0.2, 0.25) is 0 Å². The van der Waals surface area contributed by atoms with Gasteiger partial charge in [0, 0.05) is 6.54 Å². The Bertz CT molecular complexity index is 353. The second-order valence-electron chi connectivity index (χ2n) is 6.22. The molecule has 2 rings (SSSR count). The van der Waals surface area contributed by atoms with Crippen molar-refractivity contribution in [2.24, 2.45) is 11.8 Å². The van der Waals surface area contributed by atoms with Gasteiger partial charge in [-0.1, -0.05) is 46.0 Å². The number of nitrogens with zero attached hydrogens (tertiary/aromatic N) is 3. The van der Waals surface area contributed by atoms with E-state index in [0.717, 1.165) is 31.4 Å². The van der Waals surface area contributed by atoms with E-state index < -0.39 is 0 Å². The molecule has 0 bridgehead atoms. The van der Waals surface area contributed by atoms with E-state index >= 15 is 0 Å². The van der Waals surface area contributed by atoms with Gasteiger partial charge in [0.25, 0.3) is 0 Å². The summed E-state index contributed by atoms with van der Waals surface area (Å²) in [5.41, 5.74) is 0. The van der Waals surface area contributed by atoms with E-state index in [0.29, 0.717) is 5.92 Å². The summed E-state index contributed by atoms with van der Waals surface area (Å²) < 4.78 is 2.03. The lowest BCUT2D eigenvalue weighted by atomic mass is 9.87. The summed E-state index contributed by atoms with van der Waals surface area (Å²) in [4.78, 5) is 4.34. The zero-order valence-electron chi connectivity index (χ0n) is 12.4. The standard InChI is InChI=1S/C15H28N4/c1-13(2)11-19-15(17-12-18-19)10-16-9-8-14-6-4-3-5-7-14/h12-14,16H,3-11H2,1-2H3. The first-order valence-electron chi connectivity index (χ1n) is 7.83. The first-order chi connectivity index (χ1) is 9.25. The molecule has 0 radical (unpaired) electrons. The molecule has 4 nitrogen and oxygen atoms in total. The van der Waals surface area contributed by atoms with Crippen molar-refractivity contribution >= 4 is 0 Å². The average molecular weight is 264 g/mol. The van der Waals surface area contributed by atoms with Crippen molar-refractivity contribution in [2.45, 2.75) is 65.5 Å². The predicted molar refractivity (Wildman–Crippen MR) is 77.8 cm³/mol. The van der Waals surface area contributed by atoms with E-state index in [4.69, 9.17) is 0 Å². The minimum Gasteiger partial charge on any atom is -0.310 e. The van der Waals surface area contributed by atoms with Crippen molar-refractivity contribution in [1.82, 2.24) is 20.1 Å². The number of aromatic nitrogens is 3. The van der Waals surface area contributed by atoms with Crippen LogP contribution in [0.3, 0.4) is 0 Å². The van der Waals surface area contributed by atoms with Crippen LogP contribution in [0, 0.1) is 11.8 Å². The van der Waals surface area contributed by atoms with Crippen molar-refractivity contribution < 1.29 is 0 Å². The fourth-order valence-corrected chi connectivity index (χ4v) is 2.91. The maximum atomic E-state index is 4.34. The Hall–Kier alpha value is -0.900. The molecule has 108 valence electrons. The van der Waals surface area contributed by atoms with Crippen LogP contribution in [0.25, 0.3) is 0 Å². The molecule has 4 heteroatoms. The third kappa shape index (κ3) is 4.94. The van der Waals surface area contributed by atoms with Crippen molar-refractivity contribution in [3.05, 3.63) is 12.2 Å². The molecule has 0 amide bonds. The van der Waals surface area contributed by atoms with Crippen LogP contribution < -0.4 is 5.32 Å². The third-order valence-electron chi connectivity index (χ3n) is 3.97. The molecule has 1 aromatic rings. The molecular weight excluding hydrogens is 236 g/mol. The van der Waals surface area contributed by atoms with Gasteiger partial charge in [-0.25, -0.2) is 9.67 Å². The van der Waals surface area contributed by atoms with Gasteiger partial charge in [-0.2, -0.15) is 5.10 Å². The van der Waals surface area contributed by atoms with Crippen LogP contribution in [-0.2, 0) is 13.1 Å². The second kappa shape index (κ2) is 7.63. The highest BCUT2D eigenvalue weighted by atomic mass is 15.3. The van der Waals surface area contributed by atoms with Crippen molar-refractivity contribution in [3.63, 3.8) is 0 Å². The fraction of sp³-hybridized carbons (Fsp3) is 0.867. The van der Waals surface area contributed by atoms with Crippen LogP contribution >= 0.6 is 0 Å². The van der Waals surface area contributed by atoms with Gasteiger partial charge < -0.3 is 5.32 Å². The van der Waals surface area contributed by atoms with Gasteiger partial charge in [0.15, 0.2) is 0 Å². The first kappa shape index (κ1) is 14.5. The van der Waals surface area contributed by atoms with Crippen LogP contribution in [0.2, 0.25) is 0 Å². The van der Waals surface area contributed by atoms with Crippen LogP contribution in [-0.4, -0.2) is 21.3 Å². The van der Waals surface area contributed by atoms with Crippen molar-refractivity contribution in [2.75, 3.05) is 6.54 Å². The topological polar surface area (TPSA) is 42.7 Å². The molecule has 1 saturated carbocycles. The molecule has 19 heavy (non-hydrogen) atoms. The monoisotopic (exact) mass is 264 g/mol. The van der Waals surface area contributed by atoms with Gasteiger partial charge >= 0.3 is 0 Å². The average Bonchev–Trinajstić information content (AvgIpc) is 2.82. The number of nitrogens with one attached hydrogen (secondary N) is 1. The Morgan fingerprint density at radius 1 is 1.32 bits per heavy atom. The molecule has 1 aliphatic rings. The van der Waals surface area contributed by atoms with Crippen LogP contribution in [0.15, 0.2) is 6.33 Å². The lowest BCUT2D eigenvalue weighted by molar-refractivity contribution is 0.332. The van der Waals surface area contributed by atoms with Crippen molar-refractivity contribution in [3.8, 4) is 0 Å². The molecule has 1 aromatic heterocycles. The summed E-state index contributed by atoms with van der Waals surface area (Å²) in [5.74, 6) is 2.63. The normalized spacial score (nSPS) is 17.2. The Labute approximate surface area is 117 Å². The zero-order valence-corrected chi connectivity index (χ0v) is 12.4. The molecule has 1 fully saturated rings. The molecule has 0 aromatic carbocycles. The quantitative estimate of drug-likeness (QED) is 0.770. The molecule has 0 atom stereocenters. The summed E-state index contributed by atoms with van der Waals surface area (Å²) in [7, 11) is 0.